The Bertz CT molecular complexity index is 619. The molecule has 0 atom stereocenters. The van der Waals surface area contributed by atoms with E-state index >= 15 is 0 Å². The topological polar surface area (TPSA) is 53.1 Å². The number of hydrogen-bond acceptors (Lipinski definition) is 5. The Labute approximate surface area is 140 Å². The number of rotatable bonds is 7. The molecular weight excluding hydrogens is 321 g/mol. The molecule has 2 aromatic rings. The molecule has 0 radical (unpaired) electrons. The molecule has 0 amide bonds. The molecule has 7 heteroatoms. The maximum atomic E-state index is 6.12. The molecule has 0 aliphatic carbocycles. The highest BCUT2D eigenvalue weighted by Gasteiger charge is 2.04. The molecule has 0 saturated heterocycles. The van der Waals surface area contributed by atoms with Crippen LogP contribution >= 0.6 is 23.2 Å². The summed E-state index contributed by atoms with van der Waals surface area (Å²) in [6, 6.07) is 7.04. The lowest BCUT2D eigenvalue weighted by Gasteiger charge is -2.11. The second kappa shape index (κ2) is 8.17. The normalized spacial score (nSPS) is 10.8. The molecule has 0 bridgehead atoms. The number of aromatic nitrogens is 2. The van der Waals surface area contributed by atoms with Gasteiger partial charge in [-0.15, -0.1) is 0 Å². The molecule has 0 spiro atoms. The van der Waals surface area contributed by atoms with E-state index < -0.39 is 0 Å². The van der Waals surface area contributed by atoms with E-state index in [9.17, 15) is 0 Å². The highest BCUT2D eigenvalue weighted by molar-refractivity contribution is 6.35. The summed E-state index contributed by atoms with van der Waals surface area (Å²) in [5, 5.41) is 7.52. The Morgan fingerprint density at radius 1 is 1.18 bits per heavy atom. The zero-order valence-electron chi connectivity index (χ0n) is 12.6. The van der Waals surface area contributed by atoms with Crippen molar-refractivity contribution in [2.75, 3.05) is 37.8 Å². The van der Waals surface area contributed by atoms with Crippen LogP contribution in [0.25, 0.3) is 0 Å². The number of nitrogens with one attached hydrogen (secondary N) is 2. The molecule has 2 rings (SSSR count). The predicted octanol–water partition coefficient (Wildman–Crippen LogP) is 3.89. The Hall–Kier alpha value is -1.56. The van der Waals surface area contributed by atoms with Gasteiger partial charge < -0.3 is 15.5 Å². The first-order valence-corrected chi connectivity index (χ1v) is 7.74. The second-order valence-corrected chi connectivity index (χ2v) is 5.94. The fourth-order valence-electron chi connectivity index (χ4n) is 1.84. The summed E-state index contributed by atoms with van der Waals surface area (Å²) in [7, 11) is 4.11. The molecule has 0 aliphatic rings. The third kappa shape index (κ3) is 5.33. The summed E-state index contributed by atoms with van der Waals surface area (Å²) in [5.41, 5.74) is 0.680. The predicted molar refractivity (Wildman–Crippen MR) is 93.4 cm³/mol. The fraction of sp³-hybridized carbons (Fsp3) is 0.333. The van der Waals surface area contributed by atoms with Crippen LogP contribution in [0.1, 0.15) is 6.42 Å². The fourth-order valence-corrected chi connectivity index (χ4v) is 2.18. The summed E-state index contributed by atoms with van der Waals surface area (Å²) in [4.78, 5) is 10.7. The number of benzene rings is 1. The molecule has 0 unspecified atom stereocenters. The molecule has 0 aliphatic heterocycles. The van der Waals surface area contributed by atoms with Gasteiger partial charge in [0, 0.05) is 17.8 Å². The van der Waals surface area contributed by atoms with Gasteiger partial charge in [0.2, 0.25) is 5.95 Å². The smallest absolute Gasteiger partial charge is 0.229 e. The molecule has 2 N–H and O–H groups in total. The maximum Gasteiger partial charge on any atom is 0.229 e. The SMILES string of the molecule is CN(C)CCCNc1ccnc(Nc2cc(Cl)ccc2Cl)n1. The third-order valence-corrected chi connectivity index (χ3v) is 3.48. The van der Waals surface area contributed by atoms with Gasteiger partial charge in [-0.3, -0.25) is 0 Å². The standard InChI is InChI=1S/C15H19Cl2N5/c1-22(2)9-3-7-18-14-6-8-19-15(21-14)20-13-10-11(16)4-5-12(13)17/h4-6,8,10H,3,7,9H2,1-2H3,(H2,18,19,20,21). The summed E-state index contributed by atoms with van der Waals surface area (Å²) in [6.07, 6.45) is 2.74. The first-order valence-electron chi connectivity index (χ1n) is 6.98. The van der Waals surface area contributed by atoms with E-state index in [-0.39, 0.29) is 0 Å². The number of halogens is 2. The molecule has 118 valence electrons. The summed E-state index contributed by atoms with van der Waals surface area (Å²) < 4.78 is 0. The van der Waals surface area contributed by atoms with Crippen molar-refractivity contribution in [1.82, 2.24) is 14.9 Å². The lowest BCUT2D eigenvalue weighted by atomic mass is 10.3. The van der Waals surface area contributed by atoms with Gasteiger partial charge in [-0.05, 0) is 51.3 Å². The second-order valence-electron chi connectivity index (χ2n) is 5.10. The van der Waals surface area contributed by atoms with Crippen LogP contribution in [0.5, 0.6) is 0 Å². The van der Waals surface area contributed by atoms with Crippen LogP contribution in [-0.2, 0) is 0 Å². The minimum absolute atomic E-state index is 0.474. The van der Waals surface area contributed by atoms with Gasteiger partial charge in [0.25, 0.3) is 0 Å². The van der Waals surface area contributed by atoms with Crippen molar-refractivity contribution >= 4 is 40.7 Å². The quantitative estimate of drug-likeness (QED) is 0.749. The van der Waals surface area contributed by atoms with Gasteiger partial charge in [0.1, 0.15) is 5.82 Å². The molecule has 0 saturated carbocycles. The van der Waals surface area contributed by atoms with Gasteiger partial charge in [-0.25, -0.2) is 4.98 Å². The Morgan fingerprint density at radius 3 is 2.77 bits per heavy atom. The van der Waals surface area contributed by atoms with Gasteiger partial charge in [0.15, 0.2) is 0 Å². The van der Waals surface area contributed by atoms with Gasteiger partial charge in [0.05, 0.1) is 10.7 Å². The van der Waals surface area contributed by atoms with Crippen molar-refractivity contribution in [3.63, 3.8) is 0 Å². The first-order chi connectivity index (χ1) is 10.5. The Balaban J connectivity index is 1.97. The minimum atomic E-state index is 0.474. The molecular formula is C15H19Cl2N5. The molecule has 22 heavy (non-hydrogen) atoms. The molecule has 1 aromatic heterocycles. The lowest BCUT2D eigenvalue weighted by molar-refractivity contribution is 0.405. The van der Waals surface area contributed by atoms with Gasteiger partial charge in [-0.1, -0.05) is 23.2 Å². The van der Waals surface area contributed by atoms with E-state index in [1.54, 1.807) is 24.4 Å². The van der Waals surface area contributed by atoms with Crippen LogP contribution < -0.4 is 10.6 Å². The Kier molecular flexibility index (Phi) is 6.24. The largest absolute Gasteiger partial charge is 0.370 e. The van der Waals surface area contributed by atoms with Crippen molar-refractivity contribution in [3.8, 4) is 0 Å². The van der Waals surface area contributed by atoms with Crippen molar-refractivity contribution in [1.29, 1.82) is 0 Å². The van der Waals surface area contributed by atoms with Crippen molar-refractivity contribution in [2.45, 2.75) is 6.42 Å². The summed E-state index contributed by atoms with van der Waals surface area (Å²) in [5.74, 6) is 1.25. The molecule has 1 heterocycles. The maximum absolute atomic E-state index is 6.12. The highest BCUT2D eigenvalue weighted by atomic mass is 35.5. The van der Waals surface area contributed by atoms with E-state index in [4.69, 9.17) is 23.2 Å². The third-order valence-electron chi connectivity index (χ3n) is 2.92. The van der Waals surface area contributed by atoms with Crippen molar-refractivity contribution < 1.29 is 0 Å². The zero-order chi connectivity index (χ0) is 15.9. The van der Waals surface area contributed by atoms with Crippen LogP contribution in [0, 0.1) is 0 Å². The van der Waals surface area contributed by atoms with E-state index in [2.05, 4.69) is 39.6 Å². The monoisotopic (exact) mass is 339 g/mol. The van der Waals surface area contributed by atoms with Gasteiger partial charge >= 0.3 is 0 Å². The summed E-state index contributed by atoms with van der Waals surface area (Å²) >= 11 is 12.1. The highest BCUT2D eigenvalue weighted by Crippen LogP contribution is 2.27. The van der Waals surface area contributed by atoms with Crippen LogP contribution in [0.2, 0.25) is 10.0 Å². The first kappa shape index (κ1) is 16.8. The van der Waals surface area contributed by atoms with E-state index in [0.29, 0.717) is 21.7 Å². The summed E-state index contributed by atoms with van der Waals surface area (Å²) in [6.45, 7) is 1.88. The van der Waals surface area contributed by atoms with Crippen LogP contribution in [0.3, 0.4) is 0 Å². The van der Waals surface area contributed by atoms with Crippen molar-refractivity contribution in [2.24, 2.45) is 0 Å². The average Bonchev–Trinajstić information content (AvgIpc) is 2.48. The Morgan fingerprint density at radius 2 is 2.00 bits per heavy atom. The molecule has 1 aromatic carbocycles. The molecule has 5 nitrogen and oxygen atoms in total. The number of nitrogens with zero attached hydrogens (tertiary/aromatic N) is 3. The van der Waals surface area contributed by atoms with Crippen LogP contribution in [0.4, 0.5) is 17.5 Å². The average molecular weight is 340 g/mol. The number of hydrogen-bond donors (Lipinski definition) is 2. The molecule has 0 fully saturated rings. The van der Waals surface area contributed by atoms with Crippen LogP contribution in [-0.4, -0.2) is 42.1 Å². The van der Waals surface area contributed by atoms with E-state index in [0.717, 1.165) is 25.3 Å². The zero-order valence-corrected chi connectivity index (χ0v) is 14.1. The van der Waals surface area contributed by atoms with Gasteiger partial charge in [-0.2, -0.15) is 4.98 Å². The van der Waals surface area contributed by atoms with Crippen molar-refractivity contribution in [3.05, 3.63) is 40.5 Å². The lowest BCUT2D eigenvalue weighted by Crippen LogP contribution is -2.16. The van der Waals surface area contributed by atoms with E-state index in [1.807, 2.05) is 6.07 Å². The van der Waals surface area contributed by atoms with E-state index in [1.165, 1.54) is 0 Å². The van der Waals surface area contributed by atoms with Crippen LogP contribution in [0.15, 0.2) is 30.5 Å². The minimum Gasteiger partial charge on any atom is -0.370 e. The number of anilines is 3.